The number of nitrogens with one attached hydrogen (secondary N) is 2. The van der Waals surface area contributed by atoms with E-state index in [4.69, 9.17) is 0 Å². The van der Waals surface area contributed by atoms with Gasteiger partial charge in [0, 0.05) is 18.8 Å². The van der Waals surface area contributed by atoms with Crippen molar-refractivity contribution in [1.82, 2.24) is 5.32 Å². The van der Waals surface area contributed by atoms with E-state index in [1.54, 1.807) is 0 Å². The SMILES string of the molecule is OC1(C2Cc3ccccc3N2)CNC1. The van der Waals surface area contributed by atoms with E-state index in [2.05, 4.69) is 22.8 Å². The molecule has 3 rings (SSSR count). The number of hydrogen-bond acceptors (Lipinski definition) is 3. The molecular weight excluding hydrogens is 176 g/mol. The molecule has 1 fully saturated rings. The van der Waals surface area contributed by atoms with Crippen molar-refractivity contribution in [3.8, 4) is 0 Å². The summed E-state index contributed by atoms with van der Waals surface area (Å²) in [6.07, 6.45) is 0.939. The summed E-state index contributed by atoms with van der Waals surface area (Å²) >= 11 is 0. The number of benzene rings is 1. The quantitative estimate of drug-likeness (QED) is 0.599. The first kappa shape index (κ1) is 8.26. The lowest BCUT2D eigenvalue weighted by Crippen LogP contribution is -2.67. The molecule has 74 valence electrons. The molecule has 0 aromatic heterocycles. The van der Waals surface area contributed by atoms with Gasteiger partial charge in [-0.3, -0.25) is 0 Å². The molecule has 2 aliphatic rings. The molecule has 3 nitrogen and oxygen atoms in total. The lowest BCUT2D eigenvalue weighted by molar-refractivity contribution is -0.0247. The van der Waals surface area contributed by atoms with Crippen molar-refractivity contribution in [3.05, 3.63) is 29.8 Å². The van der Waals surface area contributed by atoms with Gasteiger partial charge in [0.25, 0.3) is 0 Å². The van der Waals surface area contributed by atoms with Gasteiger partial charge >= 0.3 is 0 Å². The highest BCUT2D eigenvalue weighted by molar-refractivity contribution is 5.57. The van der Waals surface area contributed by atoms with Crippen LogP contribution in [0.3, 0.4) is 0 Å². The summed E-state index contributed by atoms with van der Waals surface area (Å²) in [6, 6.07) is 8.45. The fourth-order valence-corrected chi connectivity index (χ4v) is 2.25. The number of β-amino-alcohol motifs (C(OH)–C–C–N with tert-alkyl or cyclic N) is 1. The minimum atomic E-state index is -0.543. The van der Waals surface area contributed by atoms with Crippen molar-refractivity contribution in [1.29, 1.82) is 0 Å². The van der Waals surface area contributed by atoms with E-state index in [-0.39, 0.29) is 6.04 Å². The molecule has 3 N–H and O–H groups in total. The van der Waals surface area contributed by atoms with Gasteiger partial charge in [0.2, 0.25) is 0 Å². The zero-order chi connectivity index (χ0) is 9.60. The van der Waals surface area contributed by atoms with Crippen molar-refractivity contribution in [2.24, 2.45) is 0 Å². The van der Waals surface area contributed by atoms with Crippen LogP contribution in [0.25, 0.3) is 0 Å². The topological polar surface area (TPSA) is 44.3 Å². The standard InChI is InChI=1S/C11H14N2O/c14-11(6-12-7-11)10-5-8-3-1-2-4-9(8)13-10/h1-4,10,12-14H,5-7H2. The third-order valence-corrected chi connectivity index (χ3v) is 3.28. The molecule has 0 bridgehead atoms. The normalized spacial score (nSPS) is 27.6. The molecule has 1 aromatic rings. The average Bonchev–Trinajstić information content (AvgIpc) is 2.57. The van der Waals surface area contributed by atoms with E-state index in [1.165, 1.54) is 11.3 Å². The molecule has 1 atom stereocenters. The predicted octanol–water partition coefficient (Wildman–Crippen LogP) is 0.358. The summed E-state index contributed by atoms with van der Waals surface area (Å²) in [5.74, 6) is 0. The molecule has 14 heavy (non-hydrogen) atoms. The summed E-state index contributed by atoms with van der Waals surface area (Å²) < 4.78 is 0. The van der Waals surface area contributed by atoms with Gasteiger partial charge in [-0.1, -0.05) is 18.2 Å². The molecule has 1 aromatic carbocycles. The minimum absolute atomic E-state index is 0.182. The maximum atomic E-state index is 10.2. The van der Waals surface area contributed by atoms with Gasteiger partial charge in [0.1, 0.15) is 5.60 Å². The van der Waals surface area contributed by atoms with Crippen molar-refractivity contribution in [3.63, 3.8) is 0 Å². The molecule has 3 heteroatoms. The van der Waals surface area contributed by atoms with E-state index in [9.17, 15) is 5.11 Å². The van der Waals surface area contributed by atoms with Gasteiger partial charge < -0.3 is 15.7 Å². The molecule has 1 saturated heterocycles. The van der Waals surface area contributed by atoms with Gasteiger partial charge in [-0.25, -0.2) is 0 Å². The van der Waals surface area contributed by atoms with Crippen LogP contribution in [-0.2, 0) is 6.42 Å². The van der Waals surface area contributed by atoms with Gasteiger partial charge in [-0.05, 0) is 18.1 Å². The first-order chi connectivity index (χ1) is 6.78. The van der Waals surface area contributed by atoms with E-state index in [1.807, 2.05) is 12.1 Å². The summed E-state index contributed by atoms with van der Waals surface area (Å²) in [6.45, 7) is 1.41. The fourth-order valence-electron chi connectivity index (χ4n) is 2.25. The van der Waals surface area contributed by atoms with Crippen molar-refractivity contribution >= 4 is 5.69 Å². The highest BCUT2D eigenvalue weighted by Gasteiger charge is 2.44. The Kier molecular flexibility index (Phi) is 1.60. The van der Waals surface area contributed by atoms with E-state index < -0.39 is 5.60 Å². The second-order valence-corrected chi connectivity index (χ2v) is 4.27. The Morgan fingerprint density at radius 1 is 1.29 bits per heavy atom. The maximum absolute atomic E-state index is 10.2. The molecule has 0 aliphatic carbocycles. The van der Waals surface area contributed by atoms with Crippen molar-refractivity contribution < 1.29 is 5.11 Å². The lowest BCUT2D eigenvalue weighted by Gasteiger charge is -2.42. The highest BCUT2D eigenvalue weighted by Crippen LogP contribution is 2.31. The Labute approximate surface area is 83.1 Å². The first-order valence-corrected chi connectivity index (χ1v) is 5.05. The first-order valence-electron chi connectivity index (χ1n) is 5.05. The summed E-state index contributed by atoms with van der Waals surface area (Å²) in [7, 11) is 0. The van der Waals surface area contributed by atoms with Crippen molar-refractivity contribution in [2.75, 3.05) is 18.4 Å². The van der Waals surface area contributed by atoms with Crippen LogP contribution in [-0.4, -0.2) is 29.8 Å². The fraction of sp³-hybridized carbons (Fsp3) is 0.455. The van der Waals surface area contributed by atoms with Crippen LogP contribution in [0.15, 0.2) is 24.3 Å². The number of para-hydroxylation sites is 1. The summed E-state index contributed by atoms with van der Waals surface area (Å²) in [4.78, 5) is 0. The smallest absolute Gasteiger partial charge is 0.110 e. The zero-order valence-electron chi connectivity index (χ0n) is 7.96. The van der Waals surface area contributed by atoms with Crippen LogP contribution in [0, 0.1) is 0 Å². The number of fused-ring (bicyclic) bond motifs is 1. The van der Waals surface area contributed by atoms with E-state index in [0.29, 0.717) is 13.1 Å². The van der Waals surface area contributed by atoms with Crippen LogP contribution >= 0.6 is 0 Å². The van der Waals surface area contributed by atoms with E-state index >= 15 is 0 Å². The minimum Gasteiger partial charge on any atom is -0.385 e. The molecular formula is C11H14N2O. The van der Waals surface area contributed by atoms with Crippen LogP contribution in [0.5, 0.6) is 0 Å². The average molecular weight is 190 g/mol. The number of aliphatic hydroxyl groups is 1. The Hall–Kier alpha value is -1.06. The van der Waals surface area contributed by atoms with Crippen molar-refractivity contribution in [2.45, 2.75) is 18.1 Å². The monoisotopic (exact) mass is 190 g/mol. The molecule has 2 heterocycles. The van der Waals surface area contributed by atoms with E-state index in [0.717, 1.165) is 6.42 Å². The van der Waals surface area contributed by atoms with Gasteiger partial charge in [-0.2, -0.15) is 0 Å². The van der Waals surface area contributed by atoms with Gasteiger partial charge in [0.15, 0.2) is 0 Å². The maximum Gasteiger partial charge on any atom is 0.110 e. The number of anilines is 1. The molecule has 1 unspecified atom stereocenters. The third kappa shape index (κ3) is 1.06. The van der Waals surface area contributed by atoms with Gasteiger partial charge in [0.05, 0.1) is 6.04 Å². The summed E-state index contributed by atoms with van der Waals surface area (Å²) in [5.41, 5.74) is 1.95. The highest BCUT2D eigenvalue weighted by atomic mass is 16.3. The third-order valence-electron chi connectivity index (χ3n) is 3.28. The zero-order valence-corrected chi connectivity index (χ0v) is 7.96. The number of hydrogen-bond donors (Lipinski definition) is 3. The second kappa shape index (κ2) is 2.72. The molecule has 0 radical (unpaired) electrons. The molecule has 2 aliphatic heterocycles. The molecule has 0 spiro atoms. The van der Waals surface area contributed by atoms with Crippen LogP contribution in [0.2, 0.25) is 0 Å². The summed E-state index contributed by atoms with van der Waals surface area (Å²) in [5, 5.41) is 16.7. The Balaban J connectivity index is 1.84. The Bertz CT molecular complexity index is 335. The Morgan fingerprint density at radius 3 is 2.71 bits per heavy atom. The van der Waals surface area contributed by atoms with Crippen LogP contribution < -0.4 is 10.6 Å². The lowest BCUT2D eigenvalue weighted by atomic mass is 9.86. The largest absolute Gasteiger partial charge is 0.385 e. The van der Waals surface area contributed by atoms with Crippen LogP contribution in [0.1, 0.15) is 5.56 Å². The Morgan fingerprint density at radius 2 is 2.07 bits per heavy atom. The predicted molar refractivity (Wildman–Crippen MR) is 55.4 cm³/mol. The van der Waals surface area contributed by atoms with Crippen LogP contribution in [0.4, 0.5) is 5.69 Å². The second-order valence-electron chi connectivity index (χ2n) is 4.27. The molecule has 0 amide bonds. The molecule has 0 saturated carbocycles. The van der Waals surface area contributed by atoms with Gasteiger partial charge in [-0.15, -0.1) is 0 Å². The number of rotatable bonds is 1.